The standard InChI is InChI=1S/C13H25N3O4/c1-3-14-9-12(18)16-10(2)5-4-6-11(17)15-8-7-13(19)20/h10,14H,3-9H2,1-2H3,(H,15,17)(H,16,18)(H,19,20). The van der Waals surface area contributed by atoms with Gasteiger partial charge >= 0.3 is 5.97 Å². The lowest BCUT2D eigenvalue weighted by atomic mass is 10.1. The zero-order chi connectivity index (χ0) is 15.4. The molecule has 0 saturated heterocycles. The Morgan fingerprint density at radius 3 is 2.45 bits per heavy atom. The van der Waals surface area contributed by atoms with Crippen molar-refractivity contribution < 1.29 is 19.5 Å². The maximum Gasteiger partial charge on any atom is 0.305 e. The van der Waals surface area contributed by atoms with Crippen LogP contribution in [-0.4, -0.2) is 48.6 Å². The fraction of sp³-hybridized carbons (Fsp3) is 0.769. The number of nitrogens with one attached hydrogen (secondary N) is 3. The maximum absolute atomic E-state index is 11.4. The van der Waals surface area contributed by atoms with E-state index in [-0.39, 0.29) is 30.8 Å². The van der Waals surface area contributed by atoms with E-state index in [2.05, 4.69) is 16.0 Å². The molecule has 0 aliphatic carbocycles. The summed E-state index contributed by atoms with van der Waals surface area (Å²) in [4.78, 5) is 33.0. The van der Waals surface area contributed by atoms with Gasteiger partial charge < -0.3 is 21.1 Å². The lowest BCUT2D eigenvalue weighted by molar-refractivity contribution is -0.137. The summed E-state index contributed by atoms with van der Waals surface area (Å²) in [6.45, 7) is 5.03. The summed E-state index contributed by atoms with van der Waals surface area (Å²) in [5.41, 5.74) is 0. The number of hydrogen-bond acceptors (Lipinski definition) is 4. The third-order valence-electron chi connectivity index (χ3n) is 2.64. The van der Waals surface area contributed by atoms with E-state index in [0.717, 1.165) is 6.54 Å². The highest BCUT2D eigenvalue weighted by molar-refractivity contribution is 5.78. The van der Waals surface area contributed by atoms with Gasteiger partial charge in [0.2, 0.25) is 11.8 Å². The molecule has 0 radical (unpaired) electrons. The molecule has 0 saturated carbocycles. The van der Waals surface area contributed by atoms with E-state index in [4.69, 9.17) is 5.11 Å². The number of amides is 2. The first-order valence-electron chi connectivity index (χ1n) is 6.94. The number of hydrogen-bond donors (Lipinski definition) is 4. The van der Waals surface area contributed by atoms with Gasteiger partial charge in [0, 0.05) is 19.0 Å². The Labute approximate surface area is 119 Å². The maximum atomic E-state index is 11.4. The highest BCUT2D eigenvalue weighted by Gasteiger charge is 2.08. The number of aliphatic carboxylic acids is 1. The molecule has 0 rings (SSSR count). The SMILES string of the molecule is CCNCC(=O)NC(C)CCCC(=O)NCCC(=O)O. The largest absolute Gasteiger partial charge is 0.481 e. The van der Waals surface area contributed by atoms with E-state index in [9.17, 15) is 14.4 Å². The fourth-order valence-corrected chi connectivity index (χ4v) is 1.60. The van der Waals surface area contributed by atoms with Crippen molar-refractivity contribution in [2.75, 3.05) is 19.6 Å². The highest BCUT2D eigenvalue weighted by Crippen LogP contribution is 2.00. The van der Waals surface area contributed by atoms with Crippen molar-refractivity contribution in [1.82, 2.24) is 16.0 Å². The molecule has 1 atom stereocenters. The van der Waals surface area contributed by atoms with E-state index in [1.54, 1.807) is 0 Å². The Morgan fingerprint density at radius 1 is 1.15 bits per heavy atom. The van der Waals surface area contributed by atoms with E-state index >= 15 is 0 Å². The van der Waals surface area contributed by atoms with Crippen LogP contribution < -0.4 is 16.0 Å². The minimum absolute atomic E-state index is 0.0213. The van der Waals surface area contributed by atoms with Crippen LogP contribution in [0.2, 0.25) is 0 Å². The third kappa shape index (κ3) is 11.5. The van der Waals surface area contributed by atoms with Gasteiger partial charge in [0.1, 0.15) is 0 Å². The van der Waals surface area contributed by atoms with Crippen LogP contribution in [0.1, 0.15) is 39.5 Å². The average molecular weight is 287 g/mol. The van der Waals surface area contributed by atoms with Gasteiger partial charge in [0.05, 0.1) is 13.0 Å². The van der Waals surface area contributed by atoms with Crippen molar-refractivity contribution >= 4 is 17.8 Å². The summed E-state index contributed by atoms with van der Waals surface area (Å²) in [6.07, 6.45) is 1.64. The number of rotatable bonds is 11. The molecule has 0 fully saturated rings. The predicted molar refractivity (Wildman–Crippen MR) is 75.3 cm³/mol. The van der Waals surface area contributed by atoms with Crippen LogP contribution in [-0.2, 0) is 14.4 Å². The quantitative estimate of drug-likeness (QED) is 0.423. The van der Waals surface area contributed by atoms with Gasteiger partial charge in [-0.1, -0.05) is 6.92 Å². The molecule has 0 aliphatic rings. The van der Waals surface area contributed by atoms with Crippen molar-refractivity contribution in [1.29, 1.82) is 0 Å². The monoisotopic (exact) mass is 287 g/mol. The topological polar surface area (TPSA) is 108 Å². The van der Waals surface area contributed by atoms with Gasteiger partial charge in [0.15, 0.2) is 0 Å². The molecule has 0 heterocycles. The molecule has 116 valence electrons. The first kappa shape index (κ1) is 18.4. The Morgan fingerprint density at radius 2 is 1.85 bits per heavy atom. The van der Waals surface area contributed by atoms with Crippen LogP contribution in [0.25, 0.3) is 0 Å². The summed E-state index contributed by atoms with van der Waals surface area (Å²) >= 11 is 0. The molecule has 20 heavy (non-hydrogen) atoms. The first-order chi connectivity index (χ1) is 9.45. The minimum atomic E-state index is -0.928. The average Bonchev–Trinajstić information content (AvgIpc) is 2.35. The van der Waals surface area contributed by atoms with Crippen LogP contribution in [0, 0.1) is 0 Å². The molecule has 1 unspecified atom stereocenters. The van der Waals surface area contributed by atoms with Crippen LogP contribution in [0.5, 0.6) is 0 Å². The van der Waals surface area contributed by atoms with Crippen molar-refractivity contribution in [2.24, 2.45) is 0 Å². The number of likely N-dealkylation sites (N-methyl/N-ethyl adjacent to an activating group) is 1. The van der Waals surface area contributed by atoms with Crippen molar-refractivity contribution in [3.05, 3.63) is 0 Å². The molecule has 0 bridgehead atoms. The highest BCUT2D eigenvalue weighted by atomic mass is 16.4. The lowest BCUT2D eigenvalue weighted by Gasteiger charge is -2.13. The first-order valence-corrected chi connectivity index (χ1v) is 6.94. The van der Waals surface area contributed by atoms with Crippen molar-refractivity contribution in [2.45, 2.75) is 45.6 Å². The van der Waals surface area contributed by atoms with E-state index in [1.165, 1.54) is 0 Å². The number of carboxylic acids is 1. The molecular weight excluding hydrogens is 262 g/mol. The molecule has 4 N–H and O–H groups in total. The van der Waals surface area contributed by atoms with Gasteiger partial charge in [-0.2, -0.15) is 0 Å². The zero-order valence-electron chi connectivity index (χ0n) is 12.2. The van der Waals surface area contributed by atoms with Crippen LogP contribution in [0.3, 0.4) is 0 Å². The Hall–Kier alpha value is -1.63. The summed E-state index contributed by atoms with van der Waals surface area (Å²) < 4.78 is 0. The van der Waals surface area contributed by atoms with Crippen molar-refractivity contribution in [3.8, 4) is 0 Å². The predicted octanol–water partition coefficient (Wildman–Crippen LogP) is -0.138. The molecule has 2 amide bonds. The van der Waals surface area contributed by atoms with Gasteiger partial charge in [0.25, 0.3) is 0 Å². The zero-order valence-corrected chi connectivity index (χ0v) is 12.2. The normalized spacial score (nSPS) is 11.7. The summed E-state index contributed by atoms with van der Waals surface area (Å²) in [5.74, 6) is -1.13. The number of carboxylic acid groups (broad SMARTS) is 1. The van der Waals surface area contributed by atoms with Gasteiger partial charge in [-0.25, -0.2) is 0 Å². The Balaban J connectivity index is 3.59. The van der Waals surface area contributed by atoms with Gasteiger partial charge in [-0.3, -0.25) is 14.4 Å². The summed E-state index contributed by atoms with van der Waals surface area (Å²) in [6, 6.07) is 0.0213. The third-order valence-corrected chi connectivity index (χ3v) is 2.64. The second-order valence-corrected chi connectivity index (χ2v) is 4.63. The van der Waals surface area contributed by atoms with Crippen LogP contribution in [0.15, 0.2) is 0 Å². The van der Waals surface area contributed by atoms with Crippen molar-refractivity contribution in [3.63, 3.8) is 0 Å². The number of carbonyl (C=O) groups excluding carboxylic acids is 2. The van der Waals surface area contributed by atoms with Gasteiger partial charge in [-0.15, -0.1) is 0 Å². The second-order valence-electron chi connectivity index (χ2n) is 4.63. The van der Waals surface area contributed by atoms with E-state index in [0.29, 0.717) is 25.8 Å². The Bertz CT molecular complexity index is 321. The summed E-state index contributed by atoms with van der Waals surface area (Å²) in [7, 11) is 0. The number of carbonyl (C=O) groups is 3. The fourth-order valence-electron chi connectivity index (χ4n) is 1.60. The molecule has 0 aromatic heterocycles. The van der Waals surface area contributed by atoms with Gasteiger partial charge in [-0.05, 0) is 26.3 Å². The van der Waals surface area contributed by atoms with E-state index < -0.39 is 5.97 Å². The van der Waals surface area contributed by atoms with E-state index in [1.807, 2.05) is 13.8 Å². The summed E-state index contributed by atoms with van der Waals surface area (Å²) in [5, 5.41) is 16.7. The van der Waals surface area contributed by atoms with Crippen LogP contribution >= 0.6 is 0 Å². The lowest BCUT2D eigenvalue weighted by Crippen LogP contribution is -2.39. The molecule has 0 aliphatic heterocycles. The smallest absolute Gasteiger partial charge is 0.305 e. The molecule has 0 aromatic rings. The second kappa shape index (κ2) is 11.2. The minimum Gasteiger partial charge on any atom is -0.481 e. The van der Waals surface area contributed by atoms with Crippen LogP contribution in [0.4, 0.5) is 0 Å². The molecule has 0 spiro atoms. The molecule has 7 heteroatoms. The molecule has 7 nitrogen and oxygen atoms in total. The molecular formula is C13H25N3O4. The Kier molecular flexibility index (Phi) is 10.3. The molecule has 0 aromatic carbocycles.